The number of benzene rings is 3. The van der Waals surface area contributed by atoms with E-state index < -0.39 is 15.9 Å². The fourth-order valence-corrected chi connectivity index (χ4v) is 4.53. The van der Waals surface area contributed by atoms with Gasteiger partial charge in [0.15, 0.2) is 0 Å². The lowest BCUT2D eigenvalue weighted by atomic mass is 10.1. The molecule has 0 saturated heterocycles. The molecule has 3 aromatic rings. The van der Waals surface area contributed by atoms with Crippen LogP contribution >= 0.6 is 0 Å². The number of aryl methyl sites for hydroxylation is 1. The molecule has 3 rings (SSSR count). The Labute approximate surface area is 163 Å². The number of urea groups is 1. The Hall–Kier alpha value is -3.32. The van der Waals surface area contributed by atoms with Gasteiger partial charge in [-0.3, -0.25) is 0 Å². The predicted octanol–water partition coefficient (Wildman–Crippen LogP) is 4.49. The zero-order valence-corrected chi connectivity index (χ0v) is 16.2. The third kappa shape index (κ3) is 3.84. The van der Waals surface area contributed by atoms with E-state index in [1.165, 1.54) is 12.1 Å². The maximum atomic E-state index is 13.1. The summed E-state index contributed by atoms with van der Waals surface area (Å²) in [6.45, 7) is 3.13. The maximum absolute atomic E-state index is 13.1. The van der Waals surface area contributed by atoms with Crippen molar-refractivity contribution in [1.29, 1.82) is 0 Å². The summed E-state index contributed by atoms with van der Waals surface area (Å²) in [5, 5.41) is 15.8. The molecule has 0 radical (unpaired) electrons. The van der Waals surface area contributed by atoms with Gasteiger partial charge in [-0.05, 0) is 55.3 Å². The Morgan fingerprint density at radius 2 is 1.46 bits per heavy atom. The SMILES string of the molecule is Cc1cc(NC(=O)Nc2ccccc2)c(C)c(S(=O)(=O)c2ccccc2)c1O. The number of amides is 2. The van der Waals surface area contributed by atoms with Crippen LogP contribution in [-0.4, -0.2) is 19.6 Å². The molecule has 3 aromatic carbocycles. The van der Waals surface area contributed by atoms with E-state index in [-0.39, 0.29) is 21.1 Å². The van der Waals surface area contributed by atoms with Crippen LogP contribution < -0.4 is 10.6 Å². The van der Waals surface area contributed by atoms with Gasteiger partial charge in [0.1, 0.15) is 10.6 Å². The first-order valence-corrected chi connectivity index (χ1v) is 10.1. The summed E-state index contributed by atoms with van der Waals surface area (Å²) < 4.78 is 26.1. The fraction of sp³-hybridized carbons (Fsp3) is 0.0952. The van der Waals surface area contributed by atoms with E-state index in [0.717, 1.165) is 0 Å². The van der Waals surface area contributed by atoms with Gasteiger partial charge in [0.2, 0.25) is 9.84 Å². The Morgan fingerprint density at radius 1 is 0.893 bits per heavy atom. The molecule has 3 N–H and O–H groups in total. The van der Waals surface area contributed by atoms with E-state index in [4.69, 9.17) is 0 Å². The minimum absolute atomic E-state index is 0.0682. The van der Waals surface area contributed by atoms with Gasteiger partial charge in [-0.25, -0.2) is 13.2 Å². The number of anilines is 2. The zero-order chi connectivity index (χ0) is 20.3. The van der Waals surface area contributed by atoms with Gasteiger partial charge < -0.3 is 15.7 Å². The molecule has 0 aliphatic heterocycles. The van der Waals surface area contributed by atoms with E-state index >= 15 is 0 Å². The number of aromatic hydroxyl groups is 1. The summed E-state index contributed by atoms with van der Waals surface area (Å²) in [4.78, 5) is 12.2. The molecule has 0 aliphatic rings. The number of carbonyl (C=O) groups is 1. The number of hydrogen-bond donors (Lipinski definition) is 3. The number of para-hydroxylation sites is 1. The highest BCUT2D eigenvalue weighted by Gasteiger charge is 2.27. The normalized spacial score (nSPS) is 11.1. The first kappa shape index (κ1) is 19.4. The summed E-state index contributed by atoms with van der Waals surface area (Å²) in [5.74, 6) is -0.324. The van der Waals surface area contributed by atoms with Crippen LogP contribution in [0.15, 0.2) is 76.5 Å². The molecule has 0 atom stereocenters. The molecule has 0 aromatic heterocycles. The van der Waals surface area contributed by atoms with Gasteiger partial charge in [0.05, 0.1) is 4.90 Å². The summed E-state index contributed by atoms with van der Waals surface area (Å²) in [5.41, 5.74) is 1.51. The van der Waals surface area contributed by atoms with Gasteiger partial charge in [-0.15, -0.1) is 0 Å². The molecule has 0 bridgehead atoms. The Morgan fingerprint density at radius 3 is 2.07 bits per heavy atom. The fourth-order valence-electron chi connectivity index (χ4n) is 2.85. The number of rotatable bonds is 4. The van der Waals surface area contributed by atoms with E-state index in [9.17, 15) is 18.3 Å². The maximum Gasteiger partial charge on any atom is 0.323 e. The van der Waals surface area contributed by atoms with Gasteiger partial charge in [0.25, 0.3) is 0 Å². The van der Waals surface area contributed by atoms with Gasteiger partial charge in [0, 0.05) is 11.4 Å². The van der Waals surface area contributed by atoms with Crippen LogP contribution in [0.25, 0.3) is 0 Å². The predicted molar refractivity (Wildman–Crippen MR) is 109 cm³/mol. The smallest absolute Gasteiger partial charge is 0.323 e. The first-order chi connectivity index (χ1) is 13.3. The lowest BCUT2D eigenvalue weighted by molar-refractivity contribution is 0.262. The molecular weight excluding hydrogens is 376 g/mol. The standard InChI is InChI=1S/C21H20N2O4S/c1-14-13-18(23-21(25)22-16-9-5-3-6-10-16)15(2)20(19(14)24)28(26,27)17-11-7-4-8-12-17/h3-13,24H,1-2H3,(H2,22,23,25). The van der Waals surface area contributed by atoms with E-state index in [2.05, 4.69) is 10.6 Å². The Kier molecular flexibility index (Phi) is 5.37. The third-order valence-electron chi connectivity index (χ3n) is 4.30. The quantitative estimate of drug-likeness (QED) is 0.566. The van der Waals surface area contributed by atoms with Crippen molar-refractivity contribution >= 4 is 27.2 Å². The molecule has 2 amide bonds. The van der Waals surface area contributed by atoms with Crippen LogP contribution in [0.3, 0.4) is 0 Å². The number of sulfone groups is 1. The molecule has 0 fully saturated rings. The molecular formula is C21H20N2O4S. The first-order valence-electron chi connectivity index (χ1n) is 8.57. The molecule has 6 nitrogen and oxygen atoms in total. The van der Waals surface area contributed by atoms with Crippen molar-refractivity contribution in [2.75, 3.05) is 10.6 Å². The van der Waals surface area contributed by atoms with Crippen molar-refractivity contribution in [2.45, 2.75) is 23.6 Å². The van der Waals surface area contributed by atoms with Crippen molar-refractivity contribution in [2.24, 2.45) is 0 Å². The van der Waals surface area contributed by atoms with E-state index in [0.29, 0.717) is 16.9 Å². The molecule has 0 unspecified atom stereocenters. The molecule has 28 heavy (non-hydrogen) atoms. The largest absolute Gasteiger partial charge is 0.506 e. The average molecular weight is 396 g/mol. The molecule has 0 spiro atoms. The molecule has 0 heterocycles. The summed E-state index contributed by atoms with van der Waals surface area (Å²) >= 11 is 0. The number of nitrogens with one attached hydrogen (secondary N) is 2. The second kappa shape index (κ2) is 7.74. The van der Waals surface area contributed by atoms with Crippen LogP contribution in [-0.2, 0) is 9.84 Å². The monoisotopic (exact) mass is 396 g/mol. The second-order valence-electron chi connectivity index (χ2n) is 6.31. The number of carbonyl (C=O) groups excluding carboxylic acids is 1. The van der Waals surface area contributed by atoms with E-state index in [1.807, 2.05) is 6.07 Å². The van der Waals surface area contributed by atoms with Gasteiger partial charge in [-0.1, -0.05) is 36.4 Å². The number of phenols is 1. The highest BCUT2D eigenvalue weighted by Crippen LogP contribution is 2.38. The molecule has 0 aliphatic carbocycles. The second-order valence-corrected chi connectivity index (χ2v) is 8.19. The lowest BCUT2D eigenvalue weighted by Gasteiger charge is -2.17. The number of hydrogen-bond acceptors (Lipinski definition) is 4. The van der Waals surface area contributed by atoms with Crippen LogP contribution in [0, 0.1) is 13.8 Å². The topological polar surface area (TPSA) is 95.5 Å². The summed E-state index contributed by atoms with van der Waals surface area (Å²) in [6.07, 6.45) is 0. The average Bonchev–Trinajstić information content (AvgIpc) is 2.67. The molecule has 144 valence electrons. The zero-order valence-electron chi connectivity index (χ0n) is 15.4. The van der Waals surface area contributed by atoms with Crippen molar-refractivity contribution < 1.29 is 18.3 Å². The Bertz CT molecular complexity index is 1110. The third-order valence-corrected chi connectivity index (χ3v) is 6.23. The van der Waals surface area contributed by atoms with Crippen molar-refractivity contribution in [3.05, 3.63) is 77.9 Å². The van der Waals surface area contributed by atoms with E-state index in [1.54, 1.807) is 62.4 Å². The Balaban J connectivity index is 2.00. The van der Waals surface area contributed by atoms with Crippen LogP contribution in [0.1, 0.15) is 11.1 Å². The van der Waals surface area contributed by atoms with Crippen LogP contribution in [0.2, 0.25) is 0 Å². The lowest BCUT2D eigenvalue weighted by Crippen LogP contribution is -2.20. The van der Waals surface area contributed by atoms with Crippen LogP contribution in [0.4, 0.5) is 16.2 Å². The van der Waals surface area contributed by atoms with Crippen molar-refractivity contribution in [1.82, 2.24) is 0 Å². The van der Waals surface area contributed by atoms with Crippen molar-refractivity contribution in [3.8, 4) is 5.75 Å². The minimum atomic E-state index is -3.96. The van der Waals surface area contributed by atoms with Gasteiger partial charge >= 0.3 is 6.03 Å². The molecule has 7 heteroatoms. The highest BCUT2D eigenvalue weighted by molar-refractivity contribution is 7.91. The highest BCUT2D eigenvalue weighted by atomic mass is 32.2. The summed E-state index contributed by atoms with van der Waals surface area (Å²) in [7, 11) is -3.96. The van der Waals surface area contributed by atoms with Crippen LogP contribution in [0.5, 0.6) is 5.75 Å². The summed E-state index contributed by atoms with van der Waals surface area (Å²) in [6, 6.07) is 17.8. The van der Waals surface area contributed by atoms with Crippen molar-refractivity contribution in [3.63, 3.8) is 0 Å². The molecule has 0 saturated carbocycles. The van der Waals surface area contributed by atoms with Gasteiger partial charge in [-0.2, -0.15) is 0 Å². The minimum Gasteiger partial charge on any atom is -0.506 e. The number of phenolic OH excluding ortho intramolecular Hbond substituents is 1.